The first-order chi connectivity index (χ1) is 12.1. The van der Waals surface area contributed by atoms with E-state index < -0.39 is 10.0 Å². The second-order valence-electron chi connectivity index (χ2n) is 6.56. The Labute approximate surface area is 148 Å². The van der Waals surface area contributed by atoms with Crippen molar-refractivity contribution < 1.29 is 8.42 Å². The fourth-order valence-electron chi connectivity index (χ4n) is 3.44. The molecule has 0 unspecified atom stereocenters. The van der Waals surface area contributed by atoms with Crippen LogP contribution < -0.4 is 10.2 Å². The van der Waals surface area contributed by atoms with Gasteiger partial charge >= 0.3 is 0 Å². The molecule has 2 aromatic rings. The molecule has 1 aromatic heterocycles. The molecule has 1 fully saturated rings. The third kappa shape index (κ3) is 3.03. The second-order valence-corrected chi connectivity index (χ2v) is 8.49. The van der Waals surface area contributed by atoms with Crippen molar-refractivity contribution in [1.82, 2.24) is 14.6 Å². The van der Waals surface area contributed by atoms with Gasteiger partial charge in [-0.15, -0.1) is 0 Å². The maximum absolute atomic E-state index is 12.7. The van der Waals surface area contributed by atoms with Gasteiger partial charge < -0.3 is 10.2 Å². The van der Waals surface area contributed by atoms with Gasteiger partial charge in [-0.05, 0) is 35.7 Å². The Kier molecular flexibility index (Phi) is 4.23. The maximum Gasteiger partial charge on any atom is 0.243 e. The molecule has 0 aliphatic carbocycles. The fourth-order valence-corrected chi connectivity index (χ4v) is 4.88. The minimum Gasteiger partial charge on any atom is -0.359 e. The number of benzene rings is 1. The number of pyridine rings is 1. The van der Waals surface area contributed by atoms with Gasteiger partial charge in [0.25, 0.3) is 0 Å². The van der Waals surface area contributed by atoms with Crippen LogP contribution in [0, 0.1) is 0 Å². The summed E-state index contributed by atoms with van der Waals surface area (Å²) >= 11 is 0. The third-order valence-electron chi connectivity index (χ3n) is 4.92. The van der Waals surface area contributed by atoms with E-state index in [4.69, 9.17) is 0 Å². The normalized spacial score (nSPS) is 18.4. The van der Waals surface area contributed by atoms with E-state index in [1.807, 2.05) is 25.4 Å². The Morgan fingerprint density at radius 2 is 1.76 bits per heavy atom. The Morgan fingerprint density at radius 3 is 2.48 bits per heavy atom. The topological polar surface area (TPSA) is 65.5 Å². The van der Waals surface area contributed by atoms with Crippen molar-refractivity contribution in [1.29, 1.82) is 0 Å². The second kappa shape index (κ2) is 6.40. The molecule has 1 aromatic carbocycles. The van der Waals surface area contributed by atoms with Gasteiger partial charge in [-0.3, -0.25) is 0 Å². The SMILES string of the molecule is CN1CCc2cc(-c3ccc(S(=O)(=O)N4CCNCC4)cc3)cnc21. The lowest BCUT2D eigenvalue weighted by Crippen LogP contribution is -2.46. The summed E-state index contributed by atoms with van der Waals surface area (Å²) in [7, 11) is -1.36. The average Bonchev–Trinajstić information content (AvgIpc) is 3.03. The molecule has 0 bridgehead atoms. The van der Waals surface area contributed by atoms with Crippen LogP contribution in [0.1, 0.15) is 5.56 Å². The van der Waals surface area contributed by atoms with Gasteiger partial charge in [0.05, 0.1) is 4.90 Å². The van der Waals surface area contributed by atoms with Crippen molar-refractivity contribution in [2.75, 3.05) is 44.7 Å². The molecule has 132 valence electrons. The van der Waals surface area contributed by atoms with Crippen LogP contribution in [0.25, 0.3) is 11.1 Å². The maximum atomic E-state index is 12.7. The Hall–Kier alpha value is -1.96. The van der Waals surface area contributed by atoms with Crippen LogP contribution >= 0.6 is 0 Å². The summed E-state index contributed by atoms with van der Waals surface area (Å²) in [6.07, 6.45) is 2.86. The van der Waals surface area contributed by atoms with E-state index in [2.05, 4.69) is 21.3 Å². The number of sulfonamides is 1. The molecular weight excluding hydrogens is 336 g/mol. The summed E-state index contributed by atoms with van der Waals surface area (Å²) in [5.41, 5.74) is 3.27. The zero-order valence-electron chi connectivity index (χ0n) is 14.3. The number of nitrogens with one attached hydrogen (secondary N) is 1. The summed E-state index contributed by atoms with van der Waals surface area (Å²) in [5, 5.41) is 3.18. The van der Waals surface area contributed by atoms with E-state index >= 15 is 0 Å². The number of nitrogens with zero attached hydrogens (tertiary/aromatic N) is 3. The predicted molar refractivity (Wildman–Crippen MR) is 98.3 cm³/mol. The van der Waals surface area contributed by atoms with E-state index in [1.165, 1.54) is 5.56 Å². The summed E-state index contributed by atoms with van der Waals surface area (Å²) in [6.45, 7) is 3.44. The van der Waals surface area contributed by atoms with Crippen LogP contribution in [0.2, 0.25) is 0 Å². The van der Waals surface area contributed by atoms with Crippen molar-refractivity contribution in [3.8, 4) is 11.1 Å². The molecule has 3 heterocycles. The number of likely N-dealkylation sites (N-methyl/N-ethyl adjacent to an activating group) is 1. The monoisotopic (exact) mass is 358 g/mol. The fraction of sp³-hybridized carbons (Fsp3) is 0.389. The van der Waals surface area contributed by atoms with Crippen LogP contribution in [0.3, 0.4) is 0 Å². The number of fused-ring (bicyclic) bond motifs is 1. The minimum atomic E-state index is -3.41. The van der Waals surface area contributed by atoms with Crippen molar-refractivity contribution in [2.45, 2.75) is 11.3 Å². The van der Waals surface area contributed by atoms with Crippen LogP contribution in [-0.2, 0) is 16.4 Å². The number of hydrogen-bond acceptors (Lipinski definition) is 5. The van der Waals surface area contributed by atoms with Gasteiger partial charge in [-0.25, -0.2) is 13.4 Å². The largest absolute Gasteiger partial charge is 0.359 e. The summed E-state index contributed by atoms with van der Waals surface area (Å²) in [6, 6.07) is 9.30. The van der Waals surface area contributed by atoms with Crippen LogP contribution in [0.15, 0.2) is 41.4 Å². The van der Waals surface area contributed by atoms with E-state index in [-0.39, 0.29) is 0 Å². The van der Waals surface area contributed by atoms with Crippen molar-refractivity contribution in [3.63, 3.8) is 0 Å². The van der Waals surface area contributed by atoms with Gasteiger partial charge in [-0.2, -0.15) is 4.31 Å². The molecule has 7 heteroatoms. The molecule has 1 N–H and O–H groups in total. The predicted octanol–water partition coefficient (Wildman–Crippen LogP) is 1.33. The van der Waals surface area contributed by atoms with Crippen molar-refractivity contribution in [2.24, 2.45) is 0 Å². The number of aromatic nitrogens is 1. The molecular formula is C18H22N4O2S. The van der Waals surface area contributed by atoms with Gasteiger partial charge in [0.15, 0.2) is 0 Å². The molecule has 0 radical (unpaired) electrons. The van der Waals surface area contributed by atoms with Crippen molar-refractivity contribution in [3.05, 3.63) is 42.1 Å². The molecule has 4 rings (SSSR count). The van der Waals surface area contributed by atoms with E-state index in [9.17, 15) is 8.42 Å². The average molecular weight is 358 g/mol. The molecule has 0 atom stereocenters. The third-order valence-corrected chi connectivity index (χ3v) is 6.84. The molecule has 0 saturated carbocycles. The highest BCUT2D eigenvalue weighted by Gasteiger charge is 2.25. The lowest BCUT2D eigenvalue weighted by Gasteiger charge is -2.26. The quantitative estimate of drug-likeness (QED) is 0.897. The Balaban J connectivity index is 1.60. The number of piperazine rings is 1. The van der Waals surface area contributed by atoms with E-state index in [0.717, 1.165) is 29.9 Å². The Bertz CT molecular complexity index is 874. The molecule has 2 aliphatic heterocycles. The van der Waals surface area contributed by atoms with Gasteiger partial charge in [0, 0.05) is 51.5 Å². The highest BCUT2D eigenvalue weighted by molar-refractivity contribution is 7.89. The summed E-state index contributed by atoms with van der Waals surface area (Å²) in [4.78, 5) is 7.06. The highest BCUT2D eigenvalue weighted by Crippen LogP contribution is 2.29. The number of anilines is 1. The molecule has 25 heavy (non-hydrogen) atoms. The lowest BCUT2D eigenvalue weighted by atomic mass is 10.1. The highest BCUT2D eigenvalue weighted by atomic mass is 32.2. The minimum absolute atomic E-state index is 0.354. The molecule has 0 spiro atoms. The smallest absolute Gasteiger partial charge is 0.243 e. The zero-order chi connectivity index (χ0) is 17.4. The van der Waals surface area contributed by atoms with Crippen LogP contribution in [0.4, 0.5) is 5.82 Å². The first kappa shape index (κ1) is 16.5. The van der Waals surface area contributed by atoms with E-state index in [0.29, 0.717) is 31.1 Å². The van der Waals surface area contributed by atoms with Crippen LogP contribution in [0.5, 0.6) is 0 Å². The zero-order valence-corrected chi connectivity index (χ0v) is 15.1. The first-order valence-electron chi connectivity index (χ1n) is 8.57. The number of hydrogen-bond donors (Lipinski definition) is 1. The standard InChI is InChI=1S/C18H22N4O2S/c1-21-9-6-15-12-16(13-20-18(15)21)14-2-4-17(5-3-14)25(23,24)22-10-7-19-8-11-22/h2-5,12-13,19H,6-11H2,1H3. The molecule has 1 saturated heterocycles. The van der Waals surface area contributed by atoms with Crippen molar-refractivity contribution >= 4 is 15.8 Å². The lowest BCUT2D eigenvalue weighted by molar-refractivity contribution is 0.360. The van der Waals surface area contributed by atoms with E-state index in [1.54, 1.807) is 16.4 Å². The van der Waals surface area contributed by atoms with Crippen LogP contribution in [-0.4, -0.2) is 57.5 Å². The summed E-state index contributed by atoms with van der Waals surface area (Å²) in [5.74, 6) is 1.04. The number of rotatable bonds is 3. The Morgan fingerprint density at radius 1 is 1.04 bits per heavy atom. The molecule has 0 amide bonds. The first-order valence-corrected chi connectivity index (χ1v) is 10.0. The molecule has 6 nitrogen and oxygen atoms in total. The van der Waals surface area contributed by atoms with Gasteiger partial charge in [-0.1, -0.05) is 12.1 Å². The van der Waals surface area contributed by atoms with Gasteiger partial charge in [0.1, 0.15) is 5.82 Å². The molecule has 2 aliphatic rings. The van der Waals surface area contributed by atoms with Gasteiger partial charge in [0.2, 0.25) is 10.0 Å². The summed E-state index contributed by atoms with van der Waals surface area (Å²) < 4.78 is 27.0.